The smallest absolute Gasteiger partial charge is 0.263 e. The topological polar surface area (TPSA) is 55.1 Å². The molecule has 0 radical (unpaired) electrons. The van der Waals surface area contributed by atoms with Crippen molar-refractivity contribution < 1.29 is 4.79 Å². The Balaban J connectivity index is 2.22. The molecule has 3 N–H and O–H groups in total. The number of halogens is 1. The van der Waals surface area contributed by atoms with Gasteiger partial charge in [0.2, 0.25) is 0 Å². The van der Waals surface area contributed by atoms with Crippen molar-refractivity contribution in [1.82, 2.24) is 5.32 Å². The normalized spacial score (nSPS) is 12.1. The van der Waals surface area contributed by atoms with E-state index in [1.807, 2.05) is 18.2 Å². The summed E-state index contributed by atoms with van der Waals surface area (Å²) >= 11 is 4.88. The van der Waals surface area contributed by atoms with Crippen LogP contribution in [-0.2, 0) is 0 Å². The second kappa shape index (κ2) is 5.97. The standard InChI is InChI=1S/C16H21BrN2OS/c1-9(2)16(3,4)8-19-15(20)14-13(18)11-7-10(17)5-6-12(11)21-14/h5-7,9H,8,18H2,1-4H3,(H,19,20). The summed E-state index contributed by atoms with van der Waals surface area (Å²) in [6.07, 6.45) is 0. The van der Waals surface area contributed by atoms with E-state index in [-0.39, 0.29) is 11.3 Å². The predicted molar refractivity (Wildman–Crippen MR) is 94.9 cm³/mol. The van der Waals surface area contributed by atoms with Gasteiger partial charge in [0.1, 0.15) is 4.88 Å². The van der Waals surface area contributed by atoms with Crippen molar-refractivity contribution in [3.05, 3.63) is 27.5 Å². The van der Waals surface area contributed by atoms with Gasteiger partial charge < -0.3 is 11.1 Å². The van der Waals surface area contributed by atoms with Crippen LogP contribution in [0.5, 0.6) is 0 Å². The number of anilines is 1. The van der Waals surface area contributed by atoms with Gasteiger partial charge in [-0.15, -0.1) is 11.3 Å². The summed E-state index contributed by atoms with van der Waals surface area (Å²) < 4.78 is 2.00. The number of carbonyl (C=O) groups is 1. The highest BCUT2D eigenvalue weighted by Crippen LogP contribution is 2.35. The Hall–Kier alpha value is -1.07. The zero-order chi connectivity index (χ0) is 15.8. The number of rotatable bonds is 4. The first-order valence-electron chi connectivity index (χ1n) is 6.98. The molecular formula is C16H21BrN2OS. The largest absolute Gasteiger partial charge is 0.397 e. The second-order valence-electron chi connectivity index (χ2n) is 6.31. The number of amides is 1. The van der Waals surface area contributed by atoms with Gasteiger partial charge in [-0.3, -0.25) is 4.79 Å². The molecular weight excluding hydrogens is 348 g/mol. The van der Waals surface area contributed by atoms with Gasteiger partial charge in [0.25, 0.3) is 5.91 Å². The molecule has 1 heterocycles. The number of thiophene rings is 1. The number of nitrogen functional groups attached to an aromatic ring is 1. The molecule has 5 heteroatoms. The van der Waals surface area contributed by atoms with Crippen LogP contribution in [0.1, 0.15) is 37.4 Å². The van der Waals surface area contributed by atoms with Crippen LogP contribution in [0.25, 0.3) is 10.1 Å². The molecule has 0 aliphatic heterocycles. The van der Waals surface area contributed by atoms with Crippen molar-refractivity contribution >= 4 is 48.9 Å². The first-order valence-corrected chi connectivity index (χ1v) is 8.59. The lowest BCUT2D eigenvalue weighted by Gasteiger charge is -2.29. The maximum Gasteiger partial charge on any atom is 0.263 e. The van der Waals surface area contributed by atoms with Crippen molar-refractivity contribution in [2.45, 2.75) is 27.7 Å². The van der Waals surface area contributed by atoms with E-state index in [1.54, 1.807) is 0 Å². The predicted octanol–water partition coefficient (Wildman–Crippen LogP) is 4.66. The van der Waals surface area contributed by atoms with Crippen LogP contribution in [0, 0.1) is 11.3 Å². The highest BCUT2D eigenvalue weighted by molar-refractivity contribution is 9.10. The highest BCUT2D eigenvalue weighted by atomic mass is 79.9. The number of hydrogen-bond donors (Lipinski definition) is 2. The summed E-state index contributed by atoms with van der Waals surface area (Å²) in [5.74, 6) is 0.409. The molecule has 114 valence electrons. The number of fused-ring (bicyclic) bond motifs is 1. The average Bonchev–Trinajstić information content (AvgIpc) is 2.73. The first kappa shape index (κ1) is 16.3. The van der Waals surface area contributed by atoms with Crippen molar-refractivity contribution in [1.29, 1.82) is 0 Å². The second-order valence-corrected chi connectivity index (χ2v) is 8.28. The van der Waals surface area contributed by atoms with Crippen LogP contribution in [0.15, 0.2) is 22.7 Å². The summed E-state index contributed by atoms with van der Waals surface area (Å²) in [6.45, 7) is 9.28. The monoisotopic (exact) mass is 368 g/mol. The van der Waals surface area contributed by atoms with Crippen molar-refractivity contribution in [3.63, 3.8) is 0 Å². The summed E-state index contributed by atoms with van der Waals surface area (Å²) in [7, 11) is 0. The Labute approximate surface area is 138 Å². The molecule has 0 aliphatic carbocycles. The lowest BCUT2D eigenvalue weighted by Crippen LogP contribution is -2.36. The fourth-order valence-corrected chi connectivity index (χ4v) is 3.23. The van der Waals surface area contributed by atoms with E-state index < -0.39 is 0 Å². The fourth-order valence-electron chi connectivity index (χ4n) is 1.85. The Morgan fingerprint density at radius 3 is 2.71 bits per heavy atom. The minimum absolute atomic E-state index is 0.0597. The van der Waals surface area contributed by atoms with Gasteiger partial charge >= 0.3 is 0 Å². The molecule has 0 unspecified atom stereocenters. The molecule has 0 bridgehead atoms. The molecule has 0 saturated heterocycles. The Morgan fingerprint density at radius 2 is 2.10 bits per heavy atom. The van der Waals surface area contributed by atoms with Crippen LogP contribution < -0.4 is 11.1 Å². The Morgan fingerprint density at radius 1 is 1.43 bits per heavy atom. The molecule has 0 fully saturated rings. The lowest BCUT2D eigenvalue weighted by molar-refractivity contribution is 0.0930. The van der Waals surface area contributed by atoms with Gasteiger partial charge in [0, 0.05) is 21.1 Å². The summed E-state index contributed by atoms with van der Waals surface area (Å²) in [4.78, 5) is 13.0. The third-order valence-electron chi connectivity index (χ3n) is 4.16. The van der Waals surface area contributed by atoms with E-state index in [4.69, 9.17) is 5.73 Å². The zero-order valence-corrected chi connectivity index (χ0v) is 15.2. The lowest BCUT2D eigenvalue weighted by atomic mass is 9.81. The molecule has 21 heavy (non-hydrogen) atoms. The maximum absolute atomic E-state index is 12.4. The van der Waals surface area contributed by atoms with Gasteiger partial charge in [0.15, 0.2) is 0 Å². The molecule has 0 spiro atoms. The summed E-state index contributed by atoms with van der Waals surface area (Å²) in [6, 6.07) is 5.90. The molecule has 1 amide bonds. The summed E-state index contributed by atoms with van der Waals surface area (Å²) in [5, 5.41) is 3.95. The van der Waals surface area contributed by atoms with Crippen LogP contribution in [0.2, 0.25) is 0 Å². The molecule has 3 nitrogen and oxygen atoms in total. The molecule has 1 aromatic carbocycles. The van der Waals surface area contributed by atoms with Gasteiger partial charge in [-0.25, -0.2) is 0 Å². The number of carbonyl (C=O) groups excluding carboxylic acids is 1. The van der Waals surface area contributed by atoms with Crippen LogP contribution in [0.4, 0.5) is 5.69 Å². The third kappa shape index (κ3) is 3.40. The third-order valence-corrected chi connectivity index (χ3v) is 5.84. The SMILES string of the molecule is CC(C)C(C)(C)CNC(=O)c1sc2ccc(Br)cc2c1N. The van der Waals surface area contributed by atoms with Gasteiger partial charge in [0.05, 0.1) is 5.69 Å². The van der Waals surface area contributed by atoms with E-state index in [2.05, 4.69) is 48.9 Å². The highest BCUT2D eigenvalue weighted by Gasteiger charge is 2.24. The van der Waals surface area contributed by atoms with Crippen molar-refractivity contribution in [2.75, 3.05) is 12.3 Å². The van der Waals surface area contributed by atoms with Crippen molar-refractivity contribution in [3.8, 4) is 0 Å². The molecule has 0 atom stereocenters. The Kier molecular flexibility index (Phi) is 4.63. The fraction of sp³-hybridized carbons (Fsp3) is 0.438. The number of benzene rings is 1. The quantitative estimate of drug-likeness (QED) is 0.824. The van der Waals surface area contributed by atoms with E-state index in [1.165, 1.54) is 11.3 Å². The Bertz CT molecular complexity index is 676. The number of nitrogens with one attached hydrogen (secondary N) is 1. The van der Waals surface area contributed by atoms with E-state index in [9.17, 15) is 4.79 Å². The van der Waals surface area contributed by atoms with Gasteiger partial charge in [-0.1, -0.05) is 43.6 Å². The number of nitrogens with two attached hydrogens (primary N) is 1. The van der Waals surface area contributed by atoms with Gasteiger partial charge in [-0.05, 0) is 29.5 Å². The van der Waals surface area contributed by atoms with Crippen molar-refractivity contribution in [2.24, 2.45) is 11.3 Å². The van der Waals surface area contributed by atoms with E-state index in [0.29, 0.717) is 23.0 Å². The van der Waals surface area contributed by atoms with E-state index >= 15 is 0 Å². The minimum Gasteiger partial charge on any atom is -0.397 e. The van der Waals surface area contributed by atoms with Crippen LogP contribution >= 0.6 is 27.3 Å². The molecule has 2 aromatic rings. The first-order chi connectivity index (χ1) is 9.72. The van der Waals surface area contributed by atoms with E-state index in [0.717, 1.165) is 14.6 Å². The zero-order valence-electron chi connectivity index (χ0n) is 12.8. The van der Waals surface area contributed by atoms with Crippen LogP contribution in [-0.4, -0.2) is 12.5 Å². The minimum atomic E-state index is -0.0847. The molecule has 1 aromatic heterocycles. The summed E-state index contributed by atoms with van der Waals surface area (Å²) in [5.41, 5.74) is 6.76. The number of hydrogen-bond acceptors (Lipinski definition) is 3. The van der Waals surface area contributed by atoms with Crippen LogP contribution in [0.3, 0.4) is 0 Å². The van der Waals surface area contributed by atoms with Gasteiger partial charge in [-0.2, -0.15) is 0 Å². The molecule has 0 aliphatic rings. The average molecular weight is 369 g/mol. The molecule has 2 rings (SSSR count). The maximum atomic E-state index is 12.4. The molecule has 0 saturated carbocycles.